The second kappa shape index (κ2) is 14.3. The lowest BCUT2D eigenvalue weighted by Crippen LogP contribution is -2.39. The fourth-order valence-electron chi connectivity index (χ4n) is 6.48. The third kappa shape index (κ3) is 7.84. The lowest BCUT2D eigenvalue weighted by molar-refractivity contribution is 0.0684. The number of rotatable bonds is 10. The Bertz CT molecular complexity index is 1120. The maximum Gasteiger partial charge on any atom is 0.253 e. The standard InChI is InChI=1S/C36H44N2O2/c39-35(37-24-20-31(21-25-37)16-7-14-29-10-3-1-4-11-29)33-18-9-19-34(28-33)36(40)38-26-22-32(23-27-38)17-8-15-30-12-5-2-6-13-30/h1-6,9-13,18-19,28,31-32H,7-8,14-17,20-27H2. The van der Waals surface area contributed by atoms with Crippen LogP contribution in [0.1, 0.15) is 83.2 Å². The Hall–Kier alpha value is -3.40. The van der Waals surface area contributed by atoms with Crippen LogP contribution in [0.2, 0.25) is 0 Å². The van der Waals surface area contributed by atoms with E-state index in [1.165, 1.54) is 36.8 Å². The van der Waals surface area contributed by atoms with E-state index in [9.17, 15) is 9.59 Å². The molecule has 0 spiro atoms. The SMILES string of the molecule is O=C(c1cccc(C(=O)N2CCC(CCCc3ccccc3)CC2)c1)N1CCC(CCCc2ccccc2)CC1. The largest absolute Gasteiger partial charge is 0.339 e. The number of amides is 2. The Balaban J connectivity index is 1.04. The average Bonchev–Trinajstić information content (AvgIpc) is 3.02. The highest BCUT2D eigenvalue weighted by molar-refractivity contribution is 5.99. The summed E-state index contributed by atoms with van der Waals surface area (Å²) in [5, 5.41) is 0. The number of nitrogens with zero attached hydrogens (tertiary/aromatic N) is 2. The molecule has 0 N–H and O–H groups in total. The molecule has 5 rings (SSSR count). The number of piperidine rings is 2. The quantitative estimate of drug-likeness (QED) is 0.270. The first-order chi connectivity index (χ1) is 19.7. The lowest BCUT2D eigenvalue weighted by atomic mass is 9.90. The maximum absolute atomic E-state index is 13.3. The van der Waals surface area contributed by atoms with Crippen molar-refractivity contribution in [2.45, 2.75) is 64.2 Å². The van der Waals surface area contributed by atoms with Gasteiger partial charge in [-0.2, -0.15) is 0 Å². The summed E-state index contributed by atoms with van der Waals surface area (Å²) in [4.78, 5) is 30.6. The van der Waals surface area contributed by atoms with Crippen molar-refractivity contribution >= 4 is 11.8 Å². The van der Waals surface area contributed by atoms with Crippen molar-refractivity contribution in [2.75, 3.05) is 26.2 Å². The smallest absolute Gasteiger partial charge is 0.253 e. The topological polar surface area (TPSA) is 40.6 Å². The fourth-order valence-corrected chi connectivity index (χ4v) is 6.48. The molecule has 2 amide bonds. The molecule has 0 atom stereocenters. The van der Waals surface area contributed by atoms with Crippen LogP contribution in [0, 0.1) is 11.8 Å². The molecule has 2 saturated heterocycles. The summed E-state index contributed by atoms with van der Waals surface area (Å²) in [6.45, 7) is 3.24. The van der Waals surface area contributed by atoms with E-state index in [0.717, 1.165) is 64.7 Å². The minimum atomic E-state index is 0.0644. The van der Waals surface area contributed by atoms with Crippen LogP contribution < -0.4 is 0 Å². The molecule has 2 aliphatic rings. The molecule has 0 unspecified atom stereocenters. The first kappa shape index (κ1) is 28.1. The molecule has 3 aromatic rings. The predicted molar refractivity (Wildman–Crippen MR) is 162 cm³/mol. The molecule has 0 bridgehead atoms. The number of likely N-dealkylation sites (tertiary alicyclic amines) is 2. The third-order valence-electron chi connectivity index (χ3n) is 9.00. The van der Waals surface area contributed by atoms with Crippen LogP contribution in [0.25, 0.3) is 0 Å². The number of carbonyl (C=O) groups excluding carboxylic acids is 2. The van der Waals surface area contributed by atoms with Gasteiger partial charge in [0.2, 0.25) is 0 Å². The van der Waals surface area contributed by atoms with Gasteiger partial charge in [-0.25, -0.2) is 0 Å². The molecule has 0 radical (unpaired) electrons. The Morgan fingerprint density at radius 1 is 0.550 bits per heavy atom. The number of carbonyl (C=O) groups is 2. The molecule has 2 fully saturated rings. The molecule has 4 heteroatoms. The van der Waals surface area contributed by atoms with Crippen LogP contribution in [0.3, 0.4) is 0 Å². The van der Waals surface area contributed by atoms with Crippen LogP contribution in [-0.2, 0) is 12.8 Å². The molecule has 4 nitrogen and oxygen atoms in total. The van der Waals surface area contributed by atoms with Crippen LogP contribution >= 0.6 is 0 Å². The van der Waals surface area contributed by atoms with E-state index in [1.54, 1.807) is 0 Å². The van der Waals surface area contributed by atoms with Crippen molar-refractivity contribution in [1.82, 2.24) is 9.80 Å². The van der Waals surface area contributed by atoms with Gasteiger partial charge in [-0.05, 0) is 105 Å². The van der Waals surface area contributed by atoms with Gasteiger partial charge in [-0.1, -0.05) is 66.7 Å². The van der Waals surface area contributed by atoms with E-state index in [1.807, 2.05) is 34.1 Å². The number of hydrogen-bond donors (Lipinski definition) is 0. The predicted octanol–water partition coefficient (Wildman–Crippen LogP) is 7.44. The number of aryl methyl sites for hydroxylation is 2. The molecular weight excluding hydrogens is 492 g/mol. The highest BCUT2D eigenvalue weighted by Gasteiger charge is 2.26. The van der Waals surface area contributed by atoms with E-state index in [-0.39, 0.29) is 11.8 Å². The van der Waals surface area contributed by atoms with Crippen LogP contribution in [-0.4, -0.2) is 47.8 Å². The van der Waals surface area contributed by atoms with Gasteiger partial charge in [-0.15, -0.1) is 0 Å². The second-order valence-electron chi connectivity index (χ2n) is 11.8. The summed E-state index contributed by atoms with van der Waals surface area (Å²) in [5.74, 6) is 1.52. The normalized spacial score (nSPS) is 16.7. The Labute approximate surface area is 240 Å². The van der Waals surface area contributed by atoms with Crippen LogP contribution in [0.15, 0.2) is 84.9 Å². The Morgan fingerprint density at radius 2 is 0.950 bits per heavy atom. The number of hydrogen-bond acceptors (Lipinski definition) is 2. The minimum Gasteiger partial charge on any atom is -0.339 e. The van der Waals surface area contributed by atoms with Gasteiger partial charge in [0, 0.05) is 37.3 Å². The van der Waals surface area contributed by atoms with Gasteiger partial charge >= 0.3 is 0 Å². The summed E-state index contributed by atoms with van der Waals surface area (Å²) < 4.78 is 0. The molecule has 0 aromatic heterocycles. The fraction of sp³-hybridized carbons (Fsp3) is 0.444. The van der Waals surface area contributed by atoms with Crippen molar-refractivity contribution < 1.29 is 9.59 Å². The van der Waals surface area contributed by atoms with Gasteiger partial charge in [0.15, 0.2) is 0 Å². The summed E-state index contributed by atoms with van der Waals surface area (Å²) in [6.07, 6.45) is 11.4. The zero-order valence-corrected chi connectivity index (χ0v) is 23.8. The van der Waals surface area contributed by atoms with E-state index >= 15 is 0 Å². The summed E-state index contributed by atoms with van der Waals surface area (Å²) >= 11 is 0. The van der Waals surface area contributed by atoms with Gasteiger partial charge in [0.05, 0.1) is 0 Å². The maximum atomic E-state index is 13.3. The zero-order chi connectivity index (χ0) is 27.6. The summed E-state index contributed by atoms with van der Waals surface area (Å²) in [7, 11) is 0. The highest BCUT2D eigenvalue weighted by atomic mass is 16.2. The molecular formula is C36H44N2O2. The van der Waals surface area contributed by atoms with Gasteiger partial charge in [0.1, 0.15) is 0 Å². The Morgan fingerprint density at radius 3 is 1.35 bits per heavy atom. The van der Waals surface area contributed by atoms with Crippen molar-refractivity contribution in [3.05, 3.63) is 107 Å². The van der Waals surface area contributed by atoms with Gasteiger partial charge in [-0.3, -0.25) is 9.59 Å². The van der Waals surface area contributed by atoms with Crippen molar-refractivity contribution in [3.8, 4) is 0 Å². The lowest BCUT2D eigenvalue weighted by Gasteiger charge is -2.33. The first-order valence-electron chi connectivity index (χ1n) is 15.4. The van der Waals surface area contributed by atoms with Crippen LogP contribution in [0.5, 0.6) is 0 Å². The second-order valence-corrected chi connectivity index (χ2v) is 11.8. The van der Waals surface area contributed by atoms with Crippen molar-refractivity contribution in [2.24, 2.45) is 11.8 Å². The molecule has 2 aliphatic heterocycles. The van der Waals surface area contributed by atoms with E-state index in [2.05, 4.69) is 60.7 Å². The summed E-state index contributed by atoms with van der Waals surface area (Å²) in [6, 6.07) is 28.8. The third-order valence-corrected chi connectivity index (χ3v) is 9.00. The molecule has 210 valence electrons. The molecule has 0 aliphatic carbocycles. The first-order valence-corrected chi connectivity index (χ1v) is 15.4. The van der Waals surface area contributed by atoms with Crippen molar-refractivity contribution in [3.63, 3.8) is 0 Å². The van der Waals surface area contributed by atoms with Crippen molar-refractivity contribution in [1.29, 1.82) is 0 Å². The van der Waals surface area contributed by atoms with Crippen LogP contribution in [0.4, 0.5) is 0 Å². The highest BCUT2D eigenvalue weighted by Crippen LogP contribution is 2.26. The van der Waals surface area contributed by atoms with E-state index < -0.39 is 0 Å². The average molecular weight is 537 g/mol. The van der Waals surface area contributed by atoms with E-state index in [4.69, 9.17) is 0 Å². The number of benzene rings is 3. The van der Waals surface area contributed by atoms with Gasteiger partial charge in [0.25, 0.3) is 11.8 Å². The molecule has 0 saturated carbocycles. The minimum absolute atomic E-state index is 0.0644. The summed E-state index contributed by atoms with van der Waals surface area (Å²) in [5.41, 5.74) is 4.11. The molecule has 40 heavy (non-hydrogen) atoms. The Kier molecular flexibility index (Phi) is 10.1. The van der Waals surface area contributed by atoms with E-state index in [0.29, 0.717) is 23.0 Å². The molecule has 3 aromatic carbocycles. The van der Waals surface area contributed by atoms with Gasteiger partial charge < -0.3 is 9.80 Å². The zero-order valence-electron chi connectivity index (χ0n) is 23.8. The monoisotopic (exact) mass is 536 g/mol. The molecule has 2 heterocycles.